The molecule has 1 aromatic carbocycles. The topological polar surface area (TPSA) is 38.4 Å². The summed E-state index contributed by atoms with van der Waals surface area (Å²) in [4.78, 5) is 15.3. The molecule has 1 aliphatic rings. The quantitative estimate of drug-likeness (QED) is 0.684. The summed E-state index contributed by atoms with van der Waals surface area (Å²) in [6.07, 6.45) is 3.77. The van der Waals surface area contributed by atoms with Gasteiger partial charge < -0.3 is 13.9 Å². The number of carbonyl (C=O) groups is 1. The molecule has 26 heavy (non-hydrogen) atoms. The molecule has 1 aliphatic heterocycles. The summed E-state index contributed by atoms with van der Waals surface area (Å²) >= 11 is 0. The van der Waals surface area contributed by atoms with Gasteiger partial charge in [-0.15, -0.1) is 0 Å². The fourth-order valence-electron chi connectivity index (χ4n) is 4.01. The molecule has 134 valence electrons. The zero-order valence-electron chi connectivity index (χ0n) is 15.3. The van der Waals surface area contributed by atoms with Gasteiger partial charge in [-0.3, -0.25) is 4.79 Å². The number of rotatable bonds is 4. The van der Waals surface area contributed by atoms with Crippen LogP contribution in [0.3, 0.4) is 0 Å². The molecule has 1 saturated heterocycles. The zero-order chi connectivity index (χ0) is 18.1. The predicted octanol–water partition coefficient (Wildman–Crippen LogP) is 4.72. The maximum Gasteiger partial charge on any atom is 0.256 e. The summed E-state index contributed by atoms with van der Waals surface area (Å²) in [5, 5.41) is 0. The van der Waals surface area contributed by atoms with Crippen molar-refractivity contribution in [3.8, 4) is 0 Å². The third kappa shape index (κ3) is 2.96. The van der Waals surface area contributed by atoms with Gasteiger partial charge in [0, 0.05) is 17.9 Å². The van der Waals surface area contributed by atoms with Crippen LogP contribution in [-0.2, 0) is 6.54 Å². The Hall–Kier alpha value is -2.75. The molecule has 1 atom stereocenters. The third-order valence-corrected chi connectivity index (χ3v) is 5.40. The molecule has 1 fully saturated rings. The van der Waals surface area contributed by atoms with Gasteiger partial charge in [-0.1, -0.05) is 30.3 Å². The maximum absolute atomic E-state index is 13.3. The fraction of sp³-hybridized carbons (Fsp3) is 0.318. The minimum Gasteiger partial charge on any atom is -0.467 e. The van der Waals surface area contributed by atoms with Crippen molar-refractivity contribution in [3.63, 3.8) is 0 Å². The smallest absolute Gasteiger partial charge is 0.256 e. The average Bonchev–Trinajstić information content (AvgIpc) is 3.39. The van der Waals surface area contributed by atoms with E-state index < -0.39 is 0 Å². The Morgan fingerprint density at radius 3 is 2.69 bits per heavy atom. The second-order valence-electron chi connectivity index (χ2n) is 7.02. The molecule has 0 aliphatic carbocycles. The lowest BCUT2D eigenvalue weighted by Crippen LogP contribution is -2.30. The predicted molar refractivity (Wildman–Crippen MR) is 101 cm³/mol. The van der Waals surface area contributed by atoms with Crippen LogP contribution in [0.1, 0.15) is 52.0 Å². The molecule has 3 aromatic rings. The van der Waals surface area contributed by atoms with Crippen LogP contribution in [-0.4, -0.2) is 21.9 Å². The SMILES string of the molecule is Cc1cc(C(=O)N2CCC[C@@H]2c2ccccc2)c(C)n1Cc1ccco1. The van der Waals surface area contributed by atoms with Gasteiger partial charge in [0.2, 0.25) is 0 Å². The van der Waals surface area contributed by atoms with Crippen LogP contribution in [0.25, 0.3) is 0 Å². The lowest BCUT2D eigenvalue weighted by molar-refractivity contribution is 0.0734. The number of carbonyl (C=O) groups excluding carboxylic acids is 1. The van der Waals surface area contributed by atoms with Gasteiger partial charge in [0.05, 0.1) is 24.4 Å². The van der Waals surface area contributed by atoms with E-state index in [1.807, 2.05) is 55.1 Å². The summed E-state index contributed by atoms with van der Waals surface area (Å²) in [6.45, 7) is 5.54. The second-order valence-corrected chi connectivity index (χ2v) is 7.02. The van der Waals surface area contributed by atoms with Gasteiger partial charge in [0.15, 0.2) is 0 Å². The number of hydrogen-bond donors (Lipinski definition) is 0. The first-order chi connectivity index (χ1) is 12.6. The van der Waals surface area contributed by atoms with Crippen LogP contribution < -0.4 is 0 Å². The van der Waals surface area contributed by atoms with Gasteiger partial charge in [-0.25, -0.2) is 0 Å². The monoisotopic (exact) mass is 348 g/mol. The molecule has 1 amide bonds. The van der Waals surface area contributed by atoms with Crippen LogP contribution in [0.2, 0.25) is 0 Å². The molecule has 2 aromatic heterocycles. The molecule has 0 radical (unpaired) electrons. The number of benzene rings is 1. The number of amides is 1. The summed E-state index contributed by atoms with van der Waals surface area (Å²) < 4.78 is 7.63. The molecule has 0 saturated carbocycles. The third-order valence-electron chi connectivity index (χ3n) is 5.40. The Balaban J connectivity index is 1.62. The Morgan fingerprint density at radius 1 is 1.15 bits per heavy atom. The highest BCUT2D eigenvalue weighted by Crippen LogP contribution is 2.34. The minimum absolute atomic E-state index is 0.134. The van der Waals surface area contributed by atoms with Gasteiger partial charge in [0.25, 0.3) is 5.91 Å². The van der Waals surface area contributed by atoms with E-state index in [9.17, 15) is 4.79 Å². The van der Waals surface area contributed by atoms with E-state index in [2.05, 4.69) is 16.7 Å². The van der Waals surface area contributed by atoms with E-state index in [1.165, 1.54) is 5.56 Å². The van der Waals surface area contributed by atoms with Crippen molar-refractivity contribution < 1.29 is 9.21 Å². The molecule has 4 rings (SSSR count). The Labute approximate surface area is 154 Å². The first-order valence-electron chi connectivity index (χ1n) is 9.20. The Morgan fingerprint density at radius 2 is 1.96 bits per heavy atom. The van der Waals surface area contributed by atoms with Crippen molar-refractivity contribution in [1.82, 2.24) is 9.47 Å². The first-order valence-corrected chi connectivity index (χ1v) is 9.20. The highest BCUT2D eigenvalue weighted by Gasteiger charge is 2.32. The van der Waals surface area contributed by atoms with E-state index in [0.29, 0.717) is 6.54 Å². The van der Waals surface area contributed by atoms with E-state index in [1.54, 1.807) is 6.26 Å². The Bertz CT molecular complexity index is 894. The molecule has 4 nitrogen and oxygen atoms in total. The molecule has 0 N–H and O–H groups in total. The summed E-state index contributed by atoms with van der Waals surface area (Å²) in [5.41, 5.74) is 4.11. The number of likely N-dealkylation sites (tertiary alicyclic amines) is 1. The number of aromatic nitrogens is 1. The number of hydrogen-bond acceptors (Lipinski definition) is 2. The van der Waals surface area contributed by atoms with E-state index in [4.69, 9.17) is 4.42 Å². The molecule has 0 unspecified atom stereocenters. The van der Waals surface area contributed by atoms with Crippen LogP contribution in [0.5, 0.6) is 0 Å². The number of furan rings is 1. The van der Waals surface area contributed by atoms with E-state index >= 15 is 0 Å². The zero-order valence-corrected chi connectivity index (χ0v) is 15.3. The summed E-state index contributed by atoms with van der Waals surface area (Å²) in [6, 6.07) is 16.4. The van der Waals surface area contributed by atoms with Gasteiger partial charge >= 0.3 is 0 Å². The summed E-state index contributed by atoms with van der Waals surface area (Å²) in [5.74, 6) is 1.03. The lowest BCUT2D eigenvalue weighted by Gasteiger charge is -2.25. The van der Waals surface area contributed by atoms with Crippen molar-refractivity contribution in [1.29, 1.82) is 0 Å². The molecule has 0 spiro atoms. The van der Waals surface area contributed by atoms with Crippen molar-refractivity contribution in [2.45, 2.75) is 39.3 Å². The lowest BCUT2D eigenvalue weighted by atomic mass is 10.0. The van der Waals surface area contributed by atoms with Gasteiger partial charge in [-0.05, 0) is 50.5 Å². The highest BCUT2D eigenvalue weighted by atomic mass is 16.3. The van der Waals surface area contributed by atoms with Crippen LogP contribution >= 0.6 is 0 Å². The minimum atomic E-state index is 0.134. The van der Waals surface area contributed by atoms with Crippen molar-refractivity contribution in [2.75, 3.05) is 6.54 Å². The number of nitrogens with zero attached hydrogens (tertiary/aromatic N) is 2. The standard InChI is InChI=1S/C22H24N2O2/c1-16-14-20(17(2)24(16)15-19-10-7-13-26-19)22(25)23-12-6-11-21(23)18-8-4-3-5-9-18/h3-5,7-10,13-14,21H,6,11-12,15H2,1-2H3/t21-/m1/s1. The number of aryl methyl sites for hydroxylation is 1. The van der Waals surface area contributed by atoms with E-state index in [-0.39, 0.29) is 11.9 Å². The second kappa shape index (κ2) is 6.87. The van der Waals surface area contributed by atoms with Crippen molar-refractivity contribution in [2.24, 2.45) is 0 Å². The van der Waals surface area contributed by atoms with Crippen LogP contribution in [0.4, 0.5) is 0 Å². The maximum atomic E-state index is 13.3. The Kier molecular flexibility index (Phi) is 4.41. The fourth-order valence-corrected chi connectivity index (χ4v) is 4.01. The normalized spacial score (nSPS) is 17.0. The van der Waals surface area contributed by atoms with E-state index in [0.717, 1.165) is 42.1 Å². The van der Waals surface area contributed by atoms with Crippen molar-refractivity contribution >= 4 is 5.91 Å². The molecular weight excluding hydrogens is 324 g/mol. The average molecular weight is 348 g/mol. The molecule has 3 heterocycles. The van der Waals surface area contributed by atoms with Crippen molar-refractivity contribution in [3.05, 3.63) is 83.1 Å². The molecule has 4 heteroatoms. The van der Waals surface area contributed by atoms with Gasteiger partial charge in [0.1, 0.15) is 5.76 Å². The summed E-state index contributed by atoms with van der Waals surface area (Å²) in [7, 11) is 0. The largest absolute Gasteiger partial charge is 0.467 e. The molecular formula is C22H24N2O2. The first kappa shape index (κ1) is 16.7. The van der Waals surface area contributed by atoms with Gasteiger partial charge in [-0.2, -0.15) is 0 Å². The highest BCUT2D eigenvalue weighted by molar-refractivity contribution is 5.96. The molecule has 0 bridgehead atoms. The van der Waals surface area contributed by atoms with Crippen LogP contribution in [0, 0.1) is 13.8 Å². The van der Waals surface area contributed by atoms with Crippen LogP contribution in [0.15, 0.2) is 59.2 Å².